The quantitative estimate of drug-likeness (QED) is 0.428. The summed E-state index contributed by atoms with van der Waals surface area (Å²) in [4.78, 5) is 27.6. The van der Waals surface area contributed by atoms with Crippen LogP contribution in [0.15, 0.2) is 35.0 Å². The second-order valence-corrected chi connectivity index (χ2v) is 11.9. The number of hydrogen-bond acceptors (Lipinski definition) is 6. The monoisotopic (exact) mass is 506 g/mol. The molecule has 2 N–H and O–H groups in total. The minimum Gasteiger partial charge on any atom is -0.465 e. The van der Waals surface area contributed by atoms with Crippen molar-refractivity contribution in [3.05, 3.63) is 55.5 Å². The molecular weight excluding hydrogens is 480 g/mol. The first-order chi connectivity index (χ1) is 15.6. The van der Waals surface area contributed by atoms with E-state index in [1.165, 1.54) is 27.4 Å². The van der Waals surface area contributed by atoms with Crippen LogP contribution in [0.25, 0.3) is 0 Å². The minimum absolute atomic E-state index is 0.0677. The van der Waals surface area contributed by atoms with E-state index >= 15 is 0 Å². The summed E-state index contributed by atoms with van der Waals surface area (Å²) in [6.45, 7) is 7.17. The topological polar surface area (TPSA) is 87.5 Å². The normalized spacial score (nSPS) is 19.0. The third-order valence-electron chi connectivity index (χ3n) is 6.03. The highest BCUT2D eigenvalue weighted by atomic mass is 35.5. The lowest BCUT2D eigenvalue weighted by molar-refractivity contribution is 0.0520. The number of thiophene rings is 2. The molecule has 0 bridgehead atoms. The van der Waals surface area contributed by atoms with Crippen LogP contribution < -0.4 is 5.32 Å². The number of rotatable bonds is 5. The average Bonchev–Trinajstić information content (AvgIpc) is 3.51. The molecule has 0 aromatic carbocycles. The minimum atomic E-state index is -0.886. The molecule has 176 valence electrons. The van der Waals surface area contributed by atoms with Crippen LogP contribution in [0, 0.1) is 5.41 Å². The zero-order valence-corrected chi connectivity index (χ0v) is 21.1. The predicted octanol–water partition coefficient (Wildman–Crippen LogP) is 6.23. The standard InChI is InChI=1S/C23H27ClN4O3S2/c1-23(2,3)18-10-14(6-8-27(18)22(30)31)17-11-20(25-12-16-4-5-19(24)33-16)28(26-17)21(29)15-7-9-32-13-15/h4-5,7,9,11,13-14,18,25H,6,8,10,12H2,1-3H3,(H,30,31). The van der Waals surface area contributed by atoms with Crippen LogP contribution in [-0.4, -0.2) is 44.4 Å². The highest BCUT2D eigenvalue weighted by Crippen LogP contribution is 2.39. The SMILES string of the molecule is CC(C)(C)C1CC(c2cc(NCc3ccc(Cl)s3)n(C(=O)c3ccsc3)n2)CCN1C(=O)O. The maximum Gasteiger partial charge on any atom is 0.407 e. The van der Waals surface area contributed by atoms with Crippen molar-refractivity contribution in [2.75, 3.05) is 11.9 Å². The van der Waals surface area contributed by atoms with E-state index in [4.69, 9.17) is 16.7 Å². The molecule has 2 unspecified atom stereocenters. The number of halogens is 1. The van der Waals surface area contributed by atoms with Crippen LogP contribution in [0.1, 0.15) is 60.5 Å². The maximum atomic E-state index is 13.2. The number of nitrogens with zero attached hydrogens (tertiary/aromatic N) is 3. The van der Waals surface area contributed by atoms with Gasteiger partial charge < -0.3 is 15.3 Å². The van der Waals surface area contributed by atoms with Crippen LogP contribution in [0.2, 0.25) is 4.34 Å². The lowest BCUT2D eigenvalue weighted by Crippen LogP contribution is -2.51. The number of carbonyl (C=O) groups excluding carboxylic acids is 1. The molecule has 0 saturated carbocycles. The van der Waals surface area contributed by atoms with Crippen molar-refractivity contribution in [2.45, 2.75) is 52.1 Å². The predicted molar refractivity (Wildman–Crippen MR) is 133 cm³/mol. The zero-order chi connectivity index (χ0) is 23.8. The molecule has 0 aliphatic carbocycles. The molecule has 3 aromatic heterocycles. The number of hydrogen-bond donors (Lipinski definition) is 2. The van der Waals surface area contributed by atoms with Crippen molar-refractivity contribution in [1.82, 2.24) is 14.7 Å². The Hall–Kier alpha value is -2.36. The van der Waals surface area contributed by atoms with Gasteiger partial charge in [0.15, 0.2) is 0 Å². The molecule has 2 atom stereocenters. The Morgan fingerprint density at radius 1 is 1.30 bits per heavy atom. The lowest BCUT2D eigenvalue weighted by atomic mass is 9.76. The summed E-state index contributed by atoms with van der Waals surface area (Å²) in [6.07, 6.45) is 0.450. The average molecular weight is 507 g/mol. The molecule has 1 aliphatic rings. The lowest BCUT2D eigenvalue weighted by Gasteiger charge is -2.44. The zero-order valence-electron chi connectivity index (χ0n) is 18.7. The van der Waals surface area contributed by atoms with Crippen LogP contribution in [0.3, 0.4) is 0 Å². The fourth-order valence-corrected chi connectivity index (χ4v) is 5.95. The number of amides is 1. The third kappa shape index (κ3) is 5.26. The third-order valence-corrected chi connectivity index (χ3v) is 7.94. The molecule has 10 heteroatoms. The first-order valence-electron chi connectivity index (χ1n) is 10.8. The van der Waals surface area contributed by atoms with Gasteiger partial charge in [-0.15, -0.1) is 11.3 Å². The molecule has 1 amide bonds. The van der Waals surface area contributed by atoms with E-state index in [1.807, 2.05) is 29.0 Å². The van der Waals surface area contributed by atoms with Gasteiger partial charge in [-0.3, -0.25) is 4.79 Å². The Morgan fingerprint density at radius 3 is 2.70 bits per heavy atom. The number of aromatic nitrogens is 2. The summed E-state index contributed by atoms with van der Waals surface area (Å²) < 4.78 is 2.15. The molecule has 7 nitrogen and oxygen atoms in total. The molecule has 0 radical (unpaired) electrons. The molecule has 1 aliphatic heterocycles. The molecular formula is C23H27ClN4O3S2. The first-order valence-corrected chi connectivity index (χ1v) is 12.9. The van der Waals surface area contributed by atoms with Gasteiger partial charge in [-0.1, -0.05) is 32.4 Å². The van der Waals surface area contributed by atoms with Gasteiger partial charge in [0, 0.05) is 34.8 Å². The van der Waals surface area contributed by atoms with Crippen LogP contribution in [0.4, 0.5) is 10.6 Å². The Labute approximate surface area is 206 Å². The summed E-state index contributed by atoms with van der Waals surface area (Å²) in [5, 5.41) is 21.4. The molecule has 3 aromatic rings. The van der Waals surface area contributed by atoms with Crippen molar-refractivity contribution in [3.63, 3.8) is 0 Å². The van der Waals surface area contributed by atoms with E-state index in [1.54, 1.807) is 11.0 Å². The Balaban J connectivity index is 1.62. The molecule has 0 spiro atoms. The molecule has 4 rings (SSSR count). The molecule has 4 heterocycles. The molecule has 33 heavy (non-hydrogen) atoms. The van der Waals surface area contributed by atoms with Gasteiger partial charge in [-0.05, 0) is 41.8 Å². The Kier molecular flexibility index (Phi) is 6.83. The van der Waals surface area contributed by atoms with Gasteiger partial charge in [-0.2, -0.15) is 21.1 Å². The second-order valence-electron chi connectivity index (χ2n) is 9.32. The second kappa shape index (κ2) is 9.48. The van der Waals surface area contributed by atoms with Crippen LogP contribution >= 0.6 is 34.3 Å². The number of nitrogens with one attached hydrogen (secondary N) is 1. The van der Waals surface area contributed by atoms with Crippen molar-refractivity contribution < 1.29 is 14.7 Å². The van der Waals surface area contributed by atoms with E-state index in [9.17, 15) is 14.7 Å². The smallest absolute Gasteiger partial charge is 0.407 e. The van der Waals surface area contributed by atoms with Gasteiger partial charge >= 0.3 is 6.09 Å². The Bertz CT molecular complexity index is 1130. The summed E-state index contributed by atoms with van der Waals surface area (Å²) in [7, 11) is 0. The molecule has 1 fully saturated rings. The van der Waals surface area contributed by atoms with E-state index in [2.05, 4.69) is 26.1 Å². The van der Waals surface area contributed by atoms with Crippen molar-refractivity contribution in [1.29, 1.82) is 0 Å². The van der Waals surface area contributed by atoms with Gasteiger partial charge in [0.1, 0.15) is 5.82 Å². The number of anilines is 1. The van der Waals surface area contributed by atoms with Gasteiger partial charge in [-0.25, -0.2) is 4.79 Å². The van der Waals surface area contributed by atoms with E-state index in [0.29, 0.717) is 41.6 Å². The number of likely N-dealkylation sites (tertiary alicyclic amines) is 1. The van der Waals surface area contributed by atoms with Gasteiger partial charge in [0.05, 0.1) is 22.1 Å². The van der Waals surface area contributed by atoms with Crippen molar-refractivity contribution in [2.24, 2.45) is 5.41 Å². The van der Waals surface area contributed by atoms with Crippen molar-refractivity contribution in [3.8, 4) is 0 Å². The van der Waals surface area contributed by atoms with E-state index in [0.717, 1.165) is 10.6 Å². The fraction of sp³-hybridized carbons (Fsp3) is 0.435. The van der Waals surface area contributed by atoms with Crippen molar-refractivity contribution >= 4 is 52.1 Å². The summed E-state index contributed by atoms with van der Waals surface area (Å²) >= 11 is 9.01. The summed E-state index contributed by atoms with van der Waals surface area (Å²) in [6, 6.07) is 7.40. The fourth-order valence-electron chi connectivity index (χ4n) is 4.30. The first kappa shape index (κ1) is 23.8. The maximum absolute atomic E-state index is 13.2. The van der Waals surface area contributed by atoms with E-state index < -0.39 is 6.09 Å². The molecule has 1 saturated heterocycles. The Morgan fingerprint density at radius 2 is 2.09 bits per heavy atom. The number of piperidine rings is 1. The summed E-state index contributed by atoms with van der Waals surface area (Å²) in [5.74, 6) is 0.501. The van der Waals surface area contributed by atoms with Crippen LogP contribution in [-0.2, 0) is 6.54 Å². The summed E-state index contributed by atoms with van der Waals surface area (Å²) in [5.41, 5.74) is 1.20. The van der Waals surface area contributed by atoms with Gasteiger partial charge in [0.2, 0.25) is 0 Å². The van der Waals surface area contributed by atoms with E-state index in [-0.39, 0.29) is 23.3 Å². The number of carboxylic acid groups (broad SMARTS) is 1. The highest BCUT2D eigenvalue weighted by molar-refractivity contribution is 7.16. The largest absolute Gasteiger partial charge is 0.465 e. The van der Waals surface area contributed by atoms with Gasteiger partial charge in [0.25, 0.3) is 5.91 Å². The highest BCUT2D eigenvalue weighted by Gasteiger charge is 2.40. The number of carbonyl (C=O) groups is 2. The van der Waals surface area contributed by atoms with Crippen LogP contribution in [0.5, 0.6) is 0 Å².